The summed E-state index contributed by atoms with van der Waals surface area (Å²) in [5.41, 5.74) is -0.182. The zero-order valence-corrected chi connectivity index (χ0v) is 15.8. The van der Waals surface area contributed by atoms with E-state index in [1.165, 1.54) is 6.07 Å². The van der Waals surface area contributed by atoms with Crippen LogP contribution in [-0.2, 0) is 6.18 Å². The number of hydrogen-bond donors (Lipinski definition) is 0. The molecule has 0 spiro atoms. The fourth-order valence-corrected chi connectivity index (χ4v) is 3.35. The zero-order valence-electron chi connectivity index (χ0n) is 15.1. The third kappa shape index (κ3) is 4.38. The topological polar surface area (TPSA) is 36.4 Å². The minimum atomic E-state index is -4.51. The molecular weight excluding hydrogens is 398 g/mol. The molecule has 4 nitrogen and oxygen atoms in total. The molecule has 9 heteroatoms. The molecule has 0 N–H and O–H groups in total. The van der Waals surface area contributed by atoms with Crippen LogP contribution in [0.2, 0.25) is 5.02 Å². The van der Waals surface area contributed by atoms with Gasteiger partial charge in [-0.1, -0.05) is 17.7 Å². The number of halogens is 5. The van der Waals surface area contributed by atoms with E-state index in [9.17, 15) is 22.4 Å². The quantitative estimate of drug-likeness (QED) is 0.675. The van der Waals surface area contributed by atoms with E-state index >= 15 is 0 Å². The van der Waals surface area contributed by atoms with E-state index in [1.807, 2.05) is 0 Å². The van der Waals surface area contributed by atoms with E-state index in [1.54, 1.807) is 28.9 Å². The van der Waals surface area contributed by atoms with Crippen LogP contribution < -0.4 is 4.90 Å². The van der Waals surface area contributed by atoms with E-state index in [4.69, 9.17) is 11.6 Å². The molecule has 2 heterocycles. The molecule has 150 valence electrons. The lowest BCUT2D eigenvalue weighted by atomic mass is 10.1. The second kappa shape index (κ2) is 7.95. The maximum absolute atomic E-state index is 13.7. The van der Waals surface area contributed by atoms with Crippen molar-refractivity contribution in [1.82, 2.24) is 9.88 Å². The molecule has 3 rings (SSSR count). The predicted octanol–water partition coefficient (Wildman–Crippen LogP) is 4.55. The summed E-state index contributed by atoms with van der Waals surface area (Å²) in [6.07, 6.45) is -3.18. The standard InChI is InChI=1S/C19H18ClF4N3O/c1-12-3-4-13(9-16(12)21)18(28)27-6-2-5-26(7-8-27)17-15(20)10-14(11-25-17)19(22,23)24/h3-4,9-11H,2,5-8H2,1H3. The van der Waals surface area contributed by atoms with Crippen LogP contribution >= 0.6 is 11.6 Å². The van der Waals surface area contributed by atoms with Gasteiger partial charge in [-0.25, -0.2) is 9.37 Å². The van der Waals surface area contributed by atoms with Gasteiger partial charge in [0.05, 0.1) is 10.6 Å². The average molecular weight is 416 g/mol. The van der Waals surface area contributed by atoms with Crippen LogP contribution in [0.3, 0.4) is 0 Å². The molecular formula is C19H18ClF4N3O. The highest BCUT2D eigenvalue weighted by molar-refractivity contribution is 6.33. The van der Waals surface area contributed by atoms with Crippen LogP contribution in [0.1, 0.15) is 27.9 Å². The molecule has 0 atom stereocenters. The van der Waals surface area contributed by atoms with E-state index in [2.05, 4.69) is 4.98 Å². The minimum absolute atomic E-state index is 0.0878. The Labute approximate surface area is 164 Å². The number of aryl methyl sites for hydroxylation is 1. The molecule has 0 aliphatic carbocycles. The SMILES string of the molecule is Cc1ccc(C(=O)N2CCCN(c3ncc(C(F)(F)F)cc3Cl)CC2)cc1F. The van der Waals surface area contributed by atoms with E-state index in [-0.39, 0.29) is 22.3 Å². The second-order valence-electron chi connectivity index (χ2n) is 6.62. The van der Waals surface area contributed by atoms with Gasteiger partial charge in [0.25, 0.3) is 5.91 Å². The Bertz CT molecular complexity index is 888. The predicted molar refractivity (Wildman–Crippen MR) is 98.1 cm³/mol. The summed E-state index contributed by atoms with van der Waals surface area (Å²) in [4.78, 5) is 19.9. The number of rotatable bonds is 2. The number of carbonyl (C=O) groups is 1. The van der Waals surface area contributed by atoms with Crippen molar-refractivity contribution in [3.8, 4) is 0 Å². The fraction of sp³-hybridized carbons (Fsp3) is 0.368. The van der Waals surface area contributed by atoms with Crippen LogP contribution in [-0.4, -0.2) is 42.0 Å². The summed E-state index contributed by atoms with van der Waals surface area (Å²) in [6, 6.07) is 5.21. The zero-order chi connectivity index (χ0) is 20.5. The Balaban J connectivity index is 1.73. The van der Waals surface area contributed by atoms with Crippen LogP contribution in [0, 0.1) is 12.7 Å². The number of carbonyl (C=O) groups excluding carboxylic acids is 1. The summed E-state index contributed by atoms with van der Waals surface area (Å²) in [5, 5.41) is -0.0878. The number of amides is 1. The first-order valence-corrected chi connectivity index (χ1v) is 9.07. The minimum Gasteiger partial charge on any atom is -0.354 e. The number of benzene rings is 1. The number of pyridine rings is 1. The Morgan fingerprint density at radius 1 is 1.14 bits per heavy atom. The van der Waals surface area contributed by atoms with Gasteiger partial charge >= 0.3 is 6.18 Å². The molecule has 1 aliphatic heterocycles. The van der Waals surface area contributed by atoms with Gasteiger partial charge < -0.3 is 9.80 Å². The highest BCUT2D eigenvalue weighted by atomic mass is 35.5. The molecule has 1 aliphatic rings. The third-order valence-electron chi connectivity index (χ3n) is 4.65. The number of hydrogen-bond acceptors (Lipinski definition) is 3. The number of alkyl halides is 3. The number of nitrogens with zero attached hydrogens (tertiary/aromatic N) is 3. The highest BCUT2D eigenvalue weighted by Gasteiger charge is 2.32. The van der Waals surface area contributed by atoms with Gasteiger partial charge in [-0.15, -0.1) is 0 Å². The molecule has 1 saturated heterocycles. The van der Waals surface area contributed by atoms with Crippen LogP contribution in [0.5, 0.6) is 0 Å². The molecule has 1 aromatic carbocycles. The van der Waals surface area contributed by atoms with Gasteiger partial charge in [0.15, 0.2) is 0 Å². The van der Waals surface area contributed by atoms with Crippen LogP contribution in [0.25, 0.3) is 0 Å². The van der Waals surface area contributed by atoms with Crippen molar-refractivity contribution in [1.29, 1.82) is 0 Å². The smallest absolute Gasteiger partial charge is 0.354 e. The van der Waals surface area contributed by atoms with Crippen molar-refractivity contribution in [2.24, 2.45) is 0 Å². The van der Waals surface area contributed by atoms with E-state index < -0.39 is 17.6 Å². The van der Waals surface area contributed by atoms with Crippen molar-refractivity contribution < 1.29 is 22.4 Å². The molecule has 0 bridgehead atoms. The molecule has 1 aromatic heterocycles. The summed E-state index contributed by atoms with van der Waals surface area (Å²) < 4.78 is 52.1. The monoisotopic (exact) mass is 415 g/mol. The molecule has 1 amide bonds. The summed E-state index contributed by atoms with van der Waals surface area (Å²) in [5.74, 6) is -0.472. The Morgan fingerprint density at radius 2 is 1.89 bits per heavy atom. The lowest BCUT2D eigenvalue weighted by molar-refractivity contribution is -0.137. The third-order valence-corrected chi connectivity index (χ3v) is 4.93. The first-order chi connectivity index (χ1) is 13.2. The van der Waals surface area contributed by atoms with Gasteiger partial charge in [-0.3, -0.25) is 4.79 Å². The van der Waals surface area contributed by atoms with Crippen molar-refractivity contribution in [3.05, 3.63) is 58.0 Å². The summed E-state index contributed by atoms with van der Waals surface area (Å²) in [7, 11) is 0. The molecule has 2 aromatic rings. The molecule has 1 fully saturated rings. The van der Waals surface area contributed by atoms with Crippen LogP contribution in [0.4, 0.5) is 23.4 Å². The maximum atomic E-state index is 13.7. The summed E-state index contributed by atoms with van der Waals surface area (Å²) >= 11 is 6.02. The largest absolute Gasteiger partial charge is 0.417 e. The lowest BCUT2D eigenvalue weighted by Gasteiger charge is -2.24. The van der Waals surface area contributed by atoms with E-state index in [0.29, 0.717) is 38.2 Å². The molecule has 0 radical (unpaired) electrons. The van der Waals surface area contributed by atoms with Gasteiger partial charge in [0.1, 0.15) is 11.6 Å². The Kier molecular flexibility index (Phi) is 5.79. The fourth-order valence-electron chi connectivity index (χ4n) is 3.06. The normalized spacial score (nSPS) is 15.5. The number of anilines is 1. The van der Waals surface area contributed by atoms with Crippen molar-refractivity contribution in [3.63, 3.8) is 0 Å². The van der Waals surface area contributed by atoms with Crippen molar-refractivity contribution in [2.75, 3.05) is 31.1 Å². The van der Waals surface area contributed by atoms with Gasteiger partial charge in [0, 0.05) is 37.9 Å². The van der Waals surface area contributed by atoms with E-state index in [0.717, 1.165) is 12.3 Å². The van der Waals surface area contributed by atoms with Gasteiger partial charge in [-0.2, -0.15) is 13.2 Å². The average Bonchev–Trinajstić information content (AvgIpc) is 2.88. The second-order valence-corrected chi connectivity index (χ2v) is 7.03. The lowest BCUT2D eigenvalue weighted by Crippen LogP contribution is -2.35. The Morgan fingerprint density at radius 3 is 2.54 bits per heavy atom. The van der Waals surface area contributed by atoms with Gasteiger partial charge in [-0.05, 0) is 37.1 Å². The highest BCUT2D eigenvalue weighted by Crippen LogP contribution is 2.33. The first kappa shape index (κ1) is 20.4. The first-order valence-electron chi connectivity index (χ1n) is 8.70. The number of aromatic nitrogens is 1. The van der Waals surface area contributed by atoms with Crippen molar-refractivity contribution in [2.45, 2.75) is 19.5 Å². The Hall–Kier alpha value is -2.35. The summed E-state index contributed by atoms with van der Waals surface area (Å²) in [6.45, 7) is 3.24. The van der Waals surface area contributed by atoms with Crippen molar-refractivity contribution >= 4 is 23.3 Å². The maximum Gasteiger partial charge on any atom is 0.417 e. The molecule has 0 unspecified atom stereocenters. The molecule has 28 heavy (non-hydrogen) atoms. The molecule has 0 saturated carbocycles. The van der Waals surface area contributed by atoms with Crippen LogP contribution in [0.15, 0.2) is 30.5 Å². The van der Waals surface area contributed by atoms with Gasteiger partial charge in [0.2, 0.25) is 0 Å².